The van der Waals surface area contributed by atoms with E-state index in [1.54, 1.807) is 61.4 Å². The summed E-state index contributed by atoms with van der Waals surface area (Å²) in [5.74, 6) is -1.58. The van der Waals surface area contributed by atoms with E-state index in [4.69, 9.17) is 10.5 Å². The van der Waals surface area contributed by atoms with Gasteiger partial charge < -0.3 is 15.6 Å². The van der Waals surface area contributed by atoms with Gasteiger partial charge >= 0.3 is 5.97 Å². The van der Waals surface area contributed by atoms with Crippen LogP contribution in [0.4, 0.5) is 0 Å². The van der Waals surface area contributed by atoms with Gasteiger partial charge in [-0.3, -0.25) is 24.2 Å². The molecule has 0 aromatic heterocycles. The molecular weight excluding hydrogens is 440 g/mol. The molecule has 3 rings (SSSR count). The highest BCUT2D eigenvalue weighted by molar-refractivity contribution is 6.24. The second-order valence-electron chi connectivity index (χ2n) is 7.85. The van der Waals surface area contributed by atoms with Crippen molar-refractivity contribution in [1.82, 2.24) is 0 Å². The largest absolute Gasteiger partial charge is 0.490 e. The number of carbonyl (C=O) groups is 4. The number of ether oxygens (including phenoxy) is 1. The third-order valence-corrected chi connectivity index (χ3v) is 5.20. The number of hydrogen-bond acceptors (Lipinski definition) is 7. The minimum Gasteiger partial charge on any atom is -0.490 e. The summed E-state index contributed by atoms with van der Waals surface area (Å²) in [6, 6.07) is 12.1. The molecule has 9 nitrogen and oxygen atoms in total. The summed E-state index contributed by atoms with van der Waals surface area (Å²) in [7, 11) is 0. The lowest BCUT2D eigenvalue weighted by atomic mass is 9.96. The Hall–Kier alpha value is -4.36. The van der Waals surface area contributed by atoms with Gasteiger partial charge in [-0.25, -0.2) is 4.79 Å². The Kier molecular flexibility index (Phi) is 7.50. The van der Waals surface area contributed by atoms with E-state index in [-0.39, 0.29) is 23.7 Å². The average molecular weight is 462 g/mol. The molecule has 34 heavy (non-hydrogen) atoms. The third-order valence-electron chi connectivity index (χ3n) is 5.20. The van der Waals surface area contributed by atoms with E-state index in [1.165, 1.54) is 6.08 Å². The molecule has 3 unspecified atom stereocenters. The summed E-state index contributed by atoms with van der Waals surface area (Å²) < 4.78 is 5.74. The normalized spacial score (nSPS) is 15.8. The summed E-state index contributed by atoms with van der Waals surface area (Å²) in [6.45, 7) is 1.69. The van der Waals surface area contributed by atoms with E-state index in [9.17, 15) is 29.1 Å². The fourth-order valence-electron chi connectivity index (χ4n) is 3.47. The van der Waals surface area contributed by atoms with Gasteiger partial charge in [0, 0.05) is 30.0 Å². The molecule has 0 saturated carbocycles. The number of carboxylic acid groups (broad SMARTS) is 1. The van der Waals surface area contributed by atoms with Crippen LogP contribution < -0.4 is 10.5 Å². The molecule has 1 aliphatic heterocycles. The predicted molar refractivity (Wildman–Crippen MR) is 122 cm³/mol. The lowest BCUT2D eigenvalue weighted by Gasteiger charge is -2.14. The standard InChI is InChI=1S/C25H22N2O7/c1-14(12-20(29)23-22(27-23)19(25(32)33)13-21(26)30)34-18-8-6-17(7-9-18)24(31)16-4-2-15(3-5-16)10-11-28/h2-10,14,19,23H,12-13H2,1H3,(H2,26,30)(H,32,33). The van der Waals surface area contributed by atoms with Crippen molar-refractivity contribution in [3.05, 3.63) is 65.2 Å². The van der Waals surface area contributed by atoms with Crippen molar-refractivity contribution in [2.75, 3.05) is 0 Å². The van der Waals surface area contributed by atoms with Crippen LogP contribution in [0.1, 0.15) is 41.3 Å². The third kappa shape index (κ3) is 6.11. The van der Waals surface area contributed by atoms with Crippen LogP contribution in [0, 0.1) is 5.92 Å². The van der Waals surface area contributed by atoms with Crippen molar-refractivity contribution in [2.45, 2.75) is 31.9 Å². The van der Waals surface area contributed by atoms with E-state index in [1.807, 2.05) is 0 Å². The molecule has 2 aromatic carbocycles. The number of carbonyl (C=O) groups excluding carboxylic acids is 4. The summed E-state index contributed by atoms with van der Waals surface area (Å²) in [5.41, 5.74) is 6.78. The maximum Gasteiger partial charge on any atom is 0.312 e. The molecule has 3 atom stereocenters. The maximum absolute atomic E-state index is 12.6. The van der Waals surface area contributed by atoms with Crippen molar-refractivity contribution in [2.24, 2.45) is 16.6 Å². The van der Waals surface area contributed by atoms with Crippen LogP contribution >= 0.6 is 0 Å². The highest BCUT2D eigenvalue weighted by Crippen LogP contribution is 2.26. The van der Waals surface area contributed by atoms with Crippen LogP contribution in [-0.2, 0) is 19.2 Å². The van der Waals surface area contributed by atoms with Gasteiger partial charge in [-0.15, -0.1) is 0 Å². The van der Waals surface area contributed by atoms with E-state index < -0.39 is 36.4 Å². The zero-order chi connectivity index (χ0) is 24.8. The summed E-state index contributed by atoms with van der Waals surface area (Å²) in [5, 5.41) is 9.21. The van der Waals surface area contributed by atoms with Crippen LogP contribution in [-0.4, -0.2) is 52.3 Å². The van der Waals surface area contributed by atoms with Gasteiger partial charge in [0.2, 0.25) is 5.91 Å². The smallest absolute Gasteiger partial charge is 0.312 e. The fourth-order valence-corrected chi connectivity index (χ4v) is 3.47. The molecule has 3 N–H and O–H groups in total. The zero-order valence-electron chi connectivity index (χ0n) is 18.3. The first-order valence-corrected chi connectivity index (χ1v) is 10.4. The van der Waals surface area contributed by atoms with E-state index in [2.05, 4.69) is 4.99 Å². The van der Waals surface area contributed by atoms with E-state index >= 15 is 0 Å². The molecule has 0 saturated heterocycles. The summed E-state index contributed by atoms with van der Waals surface area (Å²) >= 11 is 0. The van der Waals surface area contributed by atoms with Crippen LogP contribution in [0.3, 0.4) is 0 Å². The monoisotopic (exact) mass is 462 g/mol. The minimum absolute atomic E-state index is 0.0111. The van der Waals surface area contributed by atoms with Crippen molar-refractivity contribution < 1.29 is 33.8 Å². The Balaban J connectivity index is 1.54. The van der Waals surface area contributed by atoms with Crippen LogP contribution in [0.2, 0.25) is 0 Å². The Morgan fingerprint density at radius 1 is 1.06 bits per heavy atom. The molecule has 0 radical (unpaired) electrons. The van der Waals surface area contributed by atoms with Gasteiger partial charge in [-0.2, -0.15) is 0 Å². The van der Waals surface area contributed by atoms with Crippen LogP contribution in [0.15, 0.2) is 53.5 Å². The molecular formula is C25H22N2O7. The molecule has 1 aliphatic rings. The summed E-state index contributed by atoms with van der Waals surface area (Å²) in [4.78, 5) is 61.7. The fraction of sp³-hybridized carbons (Fsp3) is 0.240. The van der Waals surface area contributed by atoms with Gasteiger partial charge in [-0.1, -0.05) is 24.3 Å². The molecule has 0 spiro atoms. The first-order chi connectivity index (χ1) is 16.2. The molecule has 1 amide bonds. The van der Waals surface area contributed by atoms with Crippen LogP contribution in [0.25, 0.3) is 6.08 Å². The maximum atomic E-state index is 12.6. The Labute approximate surface area is 194 Å². The highest BCUT2D eigenvalue weighted by atomic mass is 16.5. The first-order valence-electron chi connectivity index (χ1n) is 10.4. The number of aliphatic imine (C=N–C) groups is 1. The second-order valence-corrected chi connectivity index (χ2v) is 7.85. The Morgan fingerprint density at radius 2 is 1.65 bits per heavy atom. The van der Waals surface area contributed by atoms with Gasteiger partial charge in [0.1, 0.15) is 29.8 Å². The number of primary amides is 1. The number of Topliss-reactive ketones (excluding diaryl/α,β-unsaturated/α-hetero) is 1. The SMILES string of the molecule is CC(CC(=O)C1N=C1C(CC(N)=O)C(=O)O)Oc1ccc(C(=O)c2ccc(C=C=O)cc2)cc1. The van der Waals surface area contributed by atoms with Gasteiger partial charge in [0.25, 0.3) is 0 Å². The van der Waals surface area contributed by atoms with E-state index in [0.717, 1.165) is 0 Å². The number of hydrogen-bond donors (Lipinski definition) is 2. The molecule has 174 valence electrons. The van der Waals surface area contributed by atoms with Gasteiger partial charge in [-0.05, 0) is 36.8 Å². The number of nitrogens with two attached hydrogens (primary N) is 1. The Bertz CT molecular complexity index is 1190. The average Bonchev–Trinajstić information content (AvgIpc) is 3.59. The number of amides is 1. The number of aliphatic carboxylic acids is 1. The quantitative estimate of drug-likeness (QED) is 0.361. The zero-order valence-corrected chi connectivity index (χ0v) is 18.3. The molecule has 9 heteroatoms. The van der Waals surface area contributed by atoms with Crippen molar-refractivity contribution in [3.63, 3.8) is 0 Å². The second kappa shape index (κ2) is 10.5. The van der Waals surface area contributed by atoms with Gasteiger partial charge in [0.15, 0.2) is 11.6 Å². The minimum atomic E-state index is -1.25. The van der Waals surface area contributed by atoms with Crippen molar-refractivity contribution in [3.8, 4) is 5.75 Å². The van der Waals surface area contributed by atoms with Crippen LogP contribution in [0.5, 0.6) is 5.75 Å². The van der Waals surface area contributed by atoms with Crippen molar-refractivity contribution >= 4 is 41.2 Å². The first kappa shape index (κ1) is 24.3. The molecule has 1 heterocycles. The number of rotatable bonds is 12. The number of benzene rings is 2. The number of ketones is 2. The molecule has 0 fully saturated rings. The topological polar surface area (TPSA) is 153 Å². The molecule has 2 aromatic rings. The highest BCUT2D eigenvalue weighted by Gasteiger charge is 2.43. The van der Waals surface area contributed by atoms with Gasteiger partial charge in [0.05, 0.1) is 5.71 Å². The molecule has 0 bridgehead atoms. The molecule has 0 aliphatic carbocycles. The summed E-state index contributed by atoms with van der Waals surface area (Å²) in [6.07, 6.45) is 0.329. The lowest BCUT2D eigenvalue weighted by Crippen LogP contribution is -2.30. The van der Waals surface area contributed by atoms with E-state index in [0.29, 0.717) is 22.4 Å². The lowest BCUT2D eigenvalue weighted by molar-refractivity contribution is -0.141. The number of carboxylic acids is 1. The van der Waals surface area contributed by atoms with Crippen molar-refractivity contribution in [1.29, 1.82) is 0 Å². The number of nitrogens with zero attached hydrogens (tertiary/aromatic N) is 1. The predicted octanol–water partition coefficient (Wildman–Crippen LogP) is 1.89. The Morgan fingerprint density at radius 3 is 2.18 bits per heavy atom.